The van der Waals surface area contributed by atoms with Crippen molar-refractivity contribution in [2.45, 2.75) is 12.6 Å². The molecule has 1 aromatic heterocycles. The van der Waals surface area contributed by atoms with Crippen molar-refractivity contribution in [1.29, 1.82) is 0 Å². The number of rotatable bonds is 4. The molecule has 7 heteroatoms. The van der Waals surface area contributed by atoms with Gasteiger partial charge in [-0.05, 0) is 12.1 Å². The standard InChI is InChI=1S/C11H11N3O4/c12-9(11(15)16)6-13-4-3-7-1-2-8(14(17)18)5-10(7)13/h1-5,9H,6,12H2,(H,15,16). The van der Waals surface area contributed by atoms with Gasteiger partial charge in [0.25, 0.3) is 5.69 Å². The fraction of sp³-hybridized carbons (Fsp3) is 0.182. The quantitative estimate of drug-likeness (QED) is 0.619. The van der Waals surface area contributed by atoms with E-state index in [0.29, 0.717) is 5.52 Å². The van der Waals surface area contributed by atoms with Crippen LogP contribution in [0.15, 0.2) is 30.5 Å². The van der Waals surface area contributed by atoms with Gasteiger partial charge in [-0.1, -0.05) is 0 Å². The van der Waals surface area contributed by atoms with E-state index < -0.39 is 16.9 Å². The van der Waals surface area contributed by atoms with Crippen molar-refractivity contribution in [3.8, 4) is 0 Å². The Kier molecular flexibility index (Phi) is 2.99. The molecule has 0 amide bonds. The summed E-state index contributed by atoms with van der Waals surface area (Å²) in [5, 5.41) is 20.2. The molecule has 0 saturated carbocycles. The number of nitrogens with two attached hydrogens (primary N) is 1. The molecule has 0 spiro atoms. The molecule has 0 bridgehead atoms. The average molecular weight is 249 g/mol. The van der Waals surface area contributed by atoms with Crippen LogP contribution in [0.3, 0.4) is 0 Å². The molecule has 1 atom stereocenters. The first kappa shape index (κ1) is 12.1. The fourth-order valence-corrected chi connectivity index (χ4v) is 1.74. The number of nitrogens with zero attached hydrogens (tertiary/aromatic N) is 2. The van der Waals surface area contributed by atoms with E-state index in [4.69, 9.17) is 10.8 Å². The lowest BCUT2D eigenvalue weighted by Crippen LogP contribution is -2.34. The number of aliphatic carboxylic acids is 1. The number of carboxylic acid groups (broad SMARTS) is 1. The van der Waals surface area contributed by atoms with E-state index in [0.717, 1.165) is 5.39 Å². The molecule has 0 saturated heterocycles. The highest BCUT2D eigenvalue weighted by molar-refractivity contribution is 5.82. The maximum Gasteiger partial charge on any atom is 0.322 e. The van der Waals surface area contributed by atoms with E-state index in [9.17, 15) is 14.9 Å². The summed E-state index contributed by atoms with van der Waals surface area (Å²) in [6.45, 7) is 0.0694. The Labute approximate surface area is 102 Å². The van der Waals surface area contributed by atoms with Gasteiger partial charge in [-0.25, -0.2) is 0 Å². The number of carbonyl (C=O) groups is 1. The summed E-state index contributed by atoms with van der Waals surface area (Å²) in [5.74, 6) is -1.11. The molecule has 0 aliphatic heterocycles. The Hall–Kier alpha value is -2.41. The van der Waals surface area contributed by atoms with Crippen LogP contribution in [0, 0.1) is 10.1 Å². The average Bonchev–Trinajstić information content (AvgIpc) is 2.71. The molecule has 7 nitrogen and oxygen atoms in total. The molecule has 94 valence electrons. The molecule has 0 aliphatic carbocycles. The first-order valence-electron chi connectivity index (χ1n) is 5.20. The summed E-state index contributed by atoms with van der Waals surface area (Å²) >= 11 is 0. The number of hydrogen-bond acceptors (Lipinski definition) is 4. The predicted octanol–water partition coefficient (Wildman–Crippen LogP) is 0.961. The van der Waals surface area contributed by atoms with Gasteiger partial charge in [-0.15, -0.1) is 0 Å². The number of aromatic nitrogens is 1. The molecule has 0 radical (unpaired) electrons. The minimum atomic E-state index is -1.11. The maximum absolute atomic E-state index is 10.7. The molecule has 2 rings (SSSR count). The van der Waals surface area contributed by atoms with Gasteiger partial charge in [0.1, 0.15) is 6.04 Å². The first-order valence-corrected chi connectivity index (χ1v) is 5.20. The number of hydrogen-bond donors (Lipinski definition) is 2. The van der Waals surface area contributed by atoms with E-state index in [2.05, 4.69) is 0 Å². The van der Waals surface area contributed by atoms with Crippen LogP contribution >= 0.6 is 0 Å². The van der Waals surface area contributed by atoms with Crippen LogP contribution in [0.4, 0.5) is 5.69 Å². The number of carboxylic acids is 1. The normalized spacial score (nSPS) is 12.5. The number of nitro benzene ring substituents is 1. The smallest absolute Gasteiger partial charge is 0.322 e. The monoisotopic (exact) mass is 249 g/mol. The Bertz CT molecular complexity index is 620. The highest BCUT2D eigenvalue weighted by Gasteiger charge is 2.14. The van der Waals surface area contributed by atoms with E-state index in [-0.39, 0.29) is 12.2 Å². The van der Waals surface area contributed by atoms with Crippen molar-refractivity contribution in [3.05, 3.63) is 40.6 Å². The van der Waals surface area contributed by atoms with Gasteiger partial charge in [-0.3, -0.25) is 14.9 Å². The third-order valence-corrected chi connectivity index (χ3v) is 2.68. The van der Waals surface area contributed by atoms with Crippen LogP contribution < -0.4 is 5.73 Å². The number of fused-ring (bicyclic) bond motifs is 1. The largest absolute Gasteiger partial charge is 0.480 e. The van der Waals surface area contributed by atoms with Crippen LogP contribution in [0.1, 0.15) is 0 Å². The van der Waals surface area contributed by atoms with Crippen molar-refractivity contribution in [2.75, 3.05) is 0 Å². The van der Waals surface area contributed by atoms with E-state index >= 15 is 0 Å². The van der Waals surface area contributed by atoms with Crippen LogP contribution in [-0.2, 0) is 11.3 Å². The SMILES string of the molecule is NC(Cn1ccc2ccc([N+](=O)[O-])cc21)C(=O)O. The van der Waals surface area contributed by atoms with Crippen molar-refractivity contribution in [1.82, 2.24) is 4.57 Å². The van der Waals surface area contributed by atoms with Crippen LogP contribution in [0.2, 0.25) is 0 Å². The lowest BCUT2D eigenvalue weighted by Gasteiger charge is -2.09. The second-order valence-electron chi connectivity index (χ2n) is 3.91. The number of nitro groups is 1. The highest BCUT2D eigenvalue weighted by atomic mass is 16.6. The van der Waals surface area contributed by atoms with Gasteiger partial charge in [0, 0.05) is 30.3 Å². The van der Waals surface area contributed by atoms with Crippen LogP contribution in [0.5, 0.6) is 0 Å². The predicted molar refractivity (Wildman–Crippen MR) is 64.2 cm³/mol. The zero-order valence-corrected chi connectivity index (χ0v) is 9.31. The van der Waals surface area contributed by atoms with Gasteiger partial charge in [0.15, 0.2) is 0 Å². The maximum atomic E-state index is 10.7. The van der Waals surface area contributed by atoms with Crippen LogP contribution in [-0.4, -0.2) is 26.6 Å². The molecule has 1 aromatic carbocycles. The zero-order valence-electron chi connectivity index (χ0n) is 9.31. The van der Waals surface area contributed by atoms with E-state index in [1.807, 2.05) is 0 Å². The Balaban J connectivity index is 2.42. The summed E-state index contributed by atoms with van der Waals surface area (Å²) in [5.41, 5.74) is 6.00. The van der Waals surface area contributed by atoms with Crippen molar-refractivity contribution >= 4 is 22.6 Å². The number of non-ortho nitro benzene ring substituents is 1. The van der Waals surface area contributed by atoms with Gasteiger partial charge >= 0.3 is 5.97 Å². The van der Waals surface area contributed by atoms with Crippen LogP contribution in [0.25, 0.3) is 10.9 Å². The molecule has 2 aromatic rings. The Morgan fingerprint density at radius 1 is 1.50 bits per heavy atom. The van der Waals surface area contributed by atoms with Gasteiger partial charge in [0.2, 0.25) is 0 Å². The molecular weight excluding hydrogens is 238 g/mol. The molecule has 0 fully saturated rings. The summed E-state index contributed by atoms with van der Waals surface area (Å²) in [6.07, 6.45) is 1.66. The third kappa shape index (κ3) is 2.16. The lowest BCUT2D eigenvalue weighted by atomic mass is 10.2. The van der Waals surface area contributed by atoms with Crippen molar-refractivity contribution in [3.63, 3.8) is 0 Å². The number of benzene rings is 1. The summed E-state index contributed by atoms with van der Waals surface area (Å²) in [7, 11) is 0. The zero-order chi connectivity index (χ0) is 13.3. The van der Waals surface area contributed by atoms with Gasteiger partial charge in [-0.2, -0.15) is 0 Å². The third-order valence-electron chi connectivity index (χ3n) is 2.68. The van der Waals surface area contributed by atoms with Gasteiger partial charge < -0.3 is 15.4 Å². The van der Waals surface area contributed by atoms with Crippen molar-refractivity contribution < 1.29 is 14.8 Å². The first-order chi connectivity index (χ1) is 8.49. The topological polar surface area (TPSA) is 111 Å². The lowest BCUT2D eigenvalue weighted by molar-refractivity contribution is -0.384. The van der Waals surface area contributed by atoms with E-state index in [1.54, 1.807) is 22.9 Å². The summed E-state index contributed by atoms with van der Waals surface area (Å²) in [4.78, 5) is 20.9. The molecule has 1 unspecified atom stereocenters. The molecule has 0 aliphatic rings. The molecule has 1 heterocycles. The van der Waals surface area contributed by atoms with Crippen molar-refractivity contribution in [2.24, 2.45) is 5.73 Å². The minimum absolute atomic E-state index is 0.0358. The minimum Gasteiger partial charge on any atom is -0.480 e. The molecule has 3 N–H and O–H groups in total. The molecular formula is C11H11N3O4. The van der Waals surface area contributed by atoms with E-state index in [1.165, 1.54) is 12.1 Å². The highest BCUT2D eigenvalue weighted by Crippen LogP contribution is 2.22. The second-order valence-corrected chi connectivity index (χ2v) is 3.91. The summed E-state index contributed by atoms with van der Waals surface area (Å²) < 4.78 is 1.60. The Morgan fingerprint density at radius 2 is 2.22 bits per heavy atom. The fourth-order valence-electron chi connectivity index (χ4n) is 1.74. The van der Waals surface area contributed by atoms with Gasteiger partial charge in [0.05, 0.1) is 10.4 Å². The second kappa shape index (κ2) is 4.46. The molecule has 18 heavy (non-hydrogen) atoms. The Morgan fingerprint density at radius 3 is 2.83 bits per heavy atom. The summed E-state index contributed by atoms with van der Waals surface area (Å²) in [6, 6.07) is 5.15.